The van der Waals surface area contributed by atoms with Crippen molar-refractivity contribution in [3.8, 4) is 0 Å². The molecule has 0 saturated carbocycles. The standard InChI is InChI=1S/C16H27N5OS.HI/c1-3-13-10-20-15(23-13)6-7-19-16(18-2)21-8-4-5-12(11-21)9-14(17)22;/h10,12H,3-9,11H2,1-2H3,(H2,17,22)(H,18,19);1H. The molecule has 24 heavy (non-hydrogen) atoms. The van der Waals surface area contributed by atoms with Crippen molar-refractivity contribution in [2.45, 2.75) is 39.0 Å². The fourth-order valence-electron chi connectivity index (χ4n) is 2.95. The number of rotatable bonds is 6. The predicted molar refractivity (Wildman–Crippen MR) is 110 cm³/mol. The minimum absolute atomic E-state index is 0. The van der Waals surface area contributed by atoms with E-state index in [0.29, 0.717) is 12.3 Å². The molecule has 0 spiro atoms. The number of aromatic nitrogens is 1. The maximum Gasteiger partial charge on any atom is 0.217 e. The number of halogens is 1. The van der Waals surface area contributed by atoms with Crippen molar-refractivity contribution in [1.82, 2.24) is 15.2 Å². The lowest BCUT2D eigenvalue weighted by atomic mass is 9.95. The van der Waals surface area contributed by atoms with Gasteiger partial charge in [-0.3, -0.25) is 9.79 Å². The summed E-state index contributed by atoms with van der Waals surface area (Å²) in [5.41, 5.74) is 5.33. The van der Waals surface area contributed by atoms with Gasteiger partial charge in [0.1, 0.15) is 0 Å². The number of hydrogen-bond acceptors (Lipinski definition) is 4. The zero-order chi connectivity index (χ0) is 16.7. The van der Waals surface area contributed by atoms with Gasteiger partial charge in [-0.25, -0.2) is 4.98 Å². The molecule has 0 radical (unpaired) electrons. The summed E-state index contributed by atoms with van der Waals surface area (Å²) >= 11 is 1.78. The second-order valence-corrected chi connectivity index (χ2v) is 7.12. The van der Waals surface area contributed by atoms with Gasteiger partial charge in [-0.05, 0) is 25.2 Å². The first-order valence-corrected chi connectivity index (χ1v) is 9.11. The maximum absolute atomic E-state index is 11.1. The van der Waals surface area contributed by atoms with Gasteiger partial charge in [-0.15, -0.1) is 35.3 Å². The quantitative estimate of drug-likeness (QED) is 0.383. The van der Waals surface area contributed by atoms with E-state index < -0.39 is 0 Å². The summed E-state index contributed by atoms with van der Waals surface area (Å²) in [6.45, 7) is 4.79. The number of primary amides is 1. The van der Waals surface area contributed by atoms with Crippen molar-refractivity contribution >= 4 is 47.2 Å². The average Bonchev–Trinajstić information content (AvgIpc) is 2.99. The first-order chi connectivity index (χ1) is 11.1. The molecule has 3 N–H and O–H groups in total. The zero-order valence-corrected chi connectivity index (χ0v) is 17.6. The van der Waals surface area contributed by atoms with Crippen LogP contribution < -0.4 is 11.1 Å². The Hall–Kier alpha value is -0.900. The number of hydrogen-bond donors (Lipinski definition) is 2. The Bertz CT molecular complexity index is 548. The van der Waals surface area contributed by atoms with E-state index in [1.807, 2.05) is 6.20 Å². The number of aliphatic imine (C=N–C) groups is 1. The van der Waals surface area contributed by atoms with E-state index >= 15 is 0 Å². The Kier molecular flexibility index (Phi) is 9.57. The highest BCUT2D eigenvalue weighted by Gasteiger charge is 2.23. The van der Waals surface area contributed by atoms with Crippen molar-refractivity contribution in [2.24, 2.45) is 16.6 Å². The fraction of sp³-hybridized carbons (Fsp3) is 0.688. The van der Waals surface area contributed by atoms with Crippen LogP contribution in [0.25, 0.3) is 0 Å². The smallest absolute Gasteiger partial charge is 0.217 e. The number of piperidine rings is 1. The first-order valence-electron chi connectivity index (χ1n) is 8.29. The van der Waals surface area contributed by atoms with Crippen molar-refractivity contribution in [2.75, 3.05) is 26.7 Å². The van der Waals surface area contributed by atoms with E-state index in [0.717, 1.165) is 56.3 Å². The zero-order valence-electron chi connectivity index (χ0n) is 14.5. The van der Waals surface area contributed by atoms with Crippen molar-refractivity contribution in [3.05, 3.63) is 16.1 Å². The van der Waals surface area contributed by atoms with Crippen LogP contribution in [0.4, 0.5) is 0 Å². The number of amides is 1. The molecule has 1 aromatic heterocycles. The Balaban J connectivity index is 0.00000288. The van der Waals surface area contributed by atoms with Crippen LogP contribution in [-0.2, 0) is 17.6 Å². The molecular formula is C16H28IN5OS. The molecule has 2 heterocycles. The molecule has 136 valence electrons. The van der Waals surface area contributed by atoms with E-state index in [9.17, 15) is 4.79 Å². The third-order valence-corrected chi connectivity index (χ3v) is 5.29. The highest BCUT2D eigenvalue weighted by molar-refractivity contribution is 14.0. The SMILES string of the molecule is CCc1cnc(CCNC(=NC)N2CCCC(CC(N)=O)C2)s1.I. The highest BCUT2D eigenvalue weighted by atomic mass is 127. The Morgan fingerprint density at radius 1 is 1.58 bits per heavy atom. The molecule has 0 aromatic carbocycles. The van der Waals surface area contributed by atoms with Gasteiger partial charge in [0.25, 0.3) is 0 Å². The van der Waals surface area contributed by atoms with Crippen LogP contribution in [0, 0.1) is 5.92 Å². The molecule has 0 bridgehead atoms. The maximum atomic E-state index is 11.1. The number of carbonyl (C=O) groups is 1. The topological polar surface area (TPSA) is 83.6 Å². The molecule has 1 amide bonds. The van der Waals surface area contributed by atoms with Crippen LogP contribution in [0.5, 0.6) is 0 Å². The van der Waals surface area contributed by atoms with Crippen LogP contribution in [0.3, 0.4) is 0 Å². The van der Waals surface area contributed by atoms with Gasteiger partial charge in [0.2, 0.25) is 5.91 Å². The molecule has 1 atom stereocenters. The van der Waals surface area contributed by atoms with E-state index in [-0.39, 0.29) is 29.9 Å². The van der Waals surface area contributed by atoms with E-state index in [1.165, 1.54) is 4.88 Å². The van der Waals surface area contributed by atoms with Crippen molar-refractivity contribution < 1.29 is 4.79 Å². The number of aryl methyl sites for hydroxylation is 1. The van der Waals surface area contributed by atoms with Gasteiger partial charge in [0.15, 0.2) is 5.96 Å². The number of carbonyl (C=O) groups excluding carboxylic acids is 1. The summed E-state index contributed by atoms with van der Waals surface area (Å²) in [6, 6.07) is 0. The lowest BCUT2D eigenvalue weighted by Gasteiger charge is -2.34. The molecule has 2 rings (SSSR count). The van der Waals surface area contributed by atoms with Gasteiger partial charge in [0.05, 0.1) is 5.01 Å². The minimum atomic E-state index is -0.213. The lowest BCUT2D eigenvalue weighted by molar-refractivity contribution is -0.119. The molecule has 1 unspecified atom stereocenters. The third kappa shape index (κ3) is 6.54. The second-order valence-electron chi connectivity index (χ2n) is 5.92. The van der Waals surface area contributed by atoms with Crippen LogP contribution in [-0.4, -0.2) is 48.4 Å². The summed E-state index contributed by atoms with van der Waals surface area (Å²) in [4.78, 5) is 23.5. The van der Waals surface area contributed by atoms with E-state index in [2.05, 4.69) is 27.1 Å². The normalized spacial score (nSPS) is 18.2. The third-order valence-electron chi connectivity index (χ3n) is 4.09. The summed E-state index contributed by atoms with van der Waals surface area (Å²) in [5.74, 6) is 1.03. The monoisotopic (exact) mass is 465 g/mol. The summed E-state index contributed by atoms with van der Waals surface area (Å²) in [7, 11) is 1.80. The number of nitrogens with zero attached hydrogens (tertiary/aromatic N) is 3. The van der Waals surface area contributed by atoms with Gasteiger partial charge in [-0.1, -0.05) is 6.92 Å². The second kappa shape index (κ2) is 10.9. The molecule has 1 saturated heterocycles. The molecule has 0 aliphatic carbocycles. The predicted octanol–water partition coefficient (Wildman–Crippen LogP) is 2.03. The number of likely N-dealkylation sites (tertiary alicyclic amines) is 1. The van der Waals surface area contributed by atoms with Crippen LogP contribution >= 0.6 is 35.3 Å². The van der Waals surface area contributed by atoms with Gasteiger partial charge in [0, 0.05) is 50.6 Å². The summed E-state index contributed by atoms with van der Waals surface area (Å²) in [6.07, 6.45) is 6.52. The Labute approximate surface area is 165 Å². The largest absolute Gasteiger partial charge is 0.370 e. The van der Waals surface area contributed by atoms with Crippen LogP contribution in [0.1, 0.15) is 36.1 Å². The number of thiazole rings is 1. The van der Waals surface area contributed by atoms with Crippen molar-refractivity contribution in [3.63, 3.8) is 0 Å². The molecule has 1 aromatic rings. The van der Waals surface area contributed by atoms with E-state index in [4.69, 9.17) is 5.73 Å². The lowest BCUT2D eigenvalue weighted by Crippen LogP contribution is -2.47. The highest BCUT2D eigenvalue weighted by Crippen LogP contribution is 2.19. The average molecular weight is 465 g/mol. The molecule has 8 heteroatoms. The number of nitrogens with two attached hydrogens (primary N) is 1. The minimum Gasteiger partial charge on any atom is -0.370 e. The Morgan fingerprint density at radius 3 is 3.00 bits per heavy atom. The molecular weight excluding hydrogens is 437 g/mol. The molecule has 1 aliphatic heterocycles. The van der Waals surface area contributed by atoms with Crippen LogP contribution in [0.15, 0.2) is 11.2 Å². The summed E-state index contributed by atoms with van der Waals surface area (Å²) < 4.78 is 0. The molecule has 1 aliphatic rings. The number of guanidine groups is 1. The van der Waals surface area contributed by atoms with Crippen molar-refractivity contribution in [1.29, 1.82) is 0 Å². The Morgan fingerprint density at radius 2 is 2.38 bits per heavy atom. The van der Waals surface area contributed by atoms with Gasteiger partial charge < -0.3 is 16.0 Å². The van der Waals surface area contributed by atoms with E-state index in [1.54, 1.807) is 18.4 Å². The number of nitrogens with one attached hydrogen (secondary N) is 1. The van der Waals surface area contributed by atoms with Crippen LogP contribution in [0.2, 0.25) is 0 Å². The van der Waals surface area contributed by atoms with Gasteiger partial charge in [-0.2, -0.15) is 0 Å². The fourth-order valence-corrected chi connectivity index (χ4v) is 3.81. The van der Waals surface area contributed by atoms with Gasteiger partial charge >= 0.3 is 0 Å². The summed E-state index contributed by atoms with van der Waals surface area (Å²) in [5, 5.41) is 4.58. The first kappa shape index (κ1) is 21.1. The molecule has 1 fully saturated rings. The molecule has 6 nitrogen and oxygen atoms in total.